The third-order valence-corrected chi connectivity index (χ3v) is 4.54. The van der Waals surface area contributed by atoms with Crippen LogP contribution in [0.2, 0.25) is 0 Å². The van der Waals surface area contributed by atoms with Crippen LogP contribution in [0.25, 0.3) is 11.3 Å². The summed E-state index contributed by atoms with van der Waals surface area (Å²) in [6, 6.07) is 8.37. The van der Waals surface area contributed by atoms with Gasteiger partial charge in [0.25, 0.3) is 0 Å². The van der Waals surface area contributed by atoms with Gasteiger partial charge in [-0.1, -0.05) is 0 Å². The Morgan fingerprint density at radius 1 is 0.828 bits per heavy atom. The largest absolute Gasteiger partial charge is 0.451 e. The molecule has 0 unspecified atom stereocenters. The lowest BCUT2D eigenvalue weighted by Crippen LogP contribution is -2.47. The van der Waals surface area contributed by atoms with Crippen molar-refractivity contribution in [2.24, 2.45) is 0 Å². The van der Waals surface area contributed by atoms with Crippen LogP contribution in [0.1, 0.15) is 5.82 Å². The van der Waals surface area contributed by atoms with E-state index < -0.39 is 17.8 Å². The smallest absolute Gasteiger partial charge is 0.353 e. The van der Waals surface area contributed by atoms with E-state index in [1.165, 1.54) is 30.3 Å². The van der Waals surface area contributed by atoms with Gasteiger partial charge in [0.2, 0.25) is 11.8 Å². The average molecular weight is 404 g/mol. The van der Waals surface area contributed by atoms with Crippen molar-refractivity contribution in [1.29, 1.82) is 0 Å². The van der Waals surface area contributed by atoms with E-state index in [4.69, 9.17) is 0 Å². The zero-order valence-corrected chi connectivity index (χ0v) is 15.1. The summed E-state index contributed by atoms with van der Waals surface area (Å²) in [4.78, 5) is 19.5. The fourth-order valence-corrected chi connectivity index (χ4v) is 3.08. The van der Waals surface area contributed by atoms with Crippen LogP contribution in [0.3, 0.4) is 0 Å². The van der Waals surface area contributed by atoms with E-state index in [-0.39, 0.29) is 11.5 Å². The van der Waals surface area contributed by atoms with Crippen molar-refractivity contribution in [3.63, 3.8) is 0 Å². The van der Waals surface area contributed by atoms with Gasteiger partial charge in [-0.15, -0.1) is 0 Å². The predicted octanol–water partition coefficient (Wildman–Crippen LogP) is 3.42. The van der Waals surface area contributed by atoms with Crippen molar-refractivity contribution < 1.29 is 17.6 Å². The van der Waals surface area contributed by atoms with Crippen LogP contribution < -0.4 is 9.80 Å². The van der Waals surface area contributed by atoms with Crippen molar-refractivity contribution in [1.82, 2.24) is 19.9 Å². The highest BCUT2D eigenvalue weighted by Crippen LogP contribution is 2.31. The highest BCUT2D eigenvalue weighted by Gasteiger charge is 2.36. The highest BCUT2D eigenvalue weighted by atomic mass is 19.4. The summed E-state index contributed by atoms with van der Waals surface area (Å²) in [6.07, 6.45) is -1.40. The van der Waals surface area contributed by atoms with Crippen molar-refractivity contribution in [3.8, 4) is 11.3 Å². The fraction of sp³-hybridized carbons (Fsp3) is 0.263. The van der Waals surface area contributed by atoms with Gasteiger partial charge < -0.3 is 9.80 Å². The van der Waals surface area contributed by atoms with Crippen LogP contribution in [0.5, 0.6) is 0 Å². The Bertz CT molecular complexity index is 970. The van der Waals surface area contributed by atoms with Crippen LogP contribution in [-0.2, 0) is 6.18 Å². The van der Waals surface area contributed by atoms with E-state index in [1.54, 1.807) is 23.4 Å². The summed E-state index contributed by atoms with van der Waals surface area (Å²) in [5.74, 6) is -0.931. The topological polar surface area (TPSA) is 58.0 Å². The molecule has 0 saturated carbocycles. The Morgan fingerprint density at radius 3 is 2.07 bits per heavy atom. The summed E-state index contributed by atoms with van der Waals surface area (Å²) < 4.78 is 53.2. The van der Waals surface area contributed by atoms with Gasteiger partial charge in [0.15, 0.2) is 0 Å². The number of halogens is 4. The molecule has 0 aliphatic carbocycles. The minimum absolute atomic E-state index is 0.0937. The number of benzene rings is 1. The summed E-state index contributed by atoms with van der Waals surface area (Å²) in [6.45, 7) is 1.99. The summed E-state index contributed by atoms with van der Waals surface area (Å²) >= 11 is 0. The number of hydrogen-bond acceptors (Lipinski definition) is 6. The second-order valence-electron chi connectivity index (χ2n) is 6.46. The van der Waals surface area contributed by atoms with Crippen molar-refractivity contribution in [3.05, 3.63) is 60.4 Å². The molecule has 29 heavy (non-hydrogen) atoms. The maximum absolute atomic E-state index is 13.4. The van der Waals surface area contributed by atoms with E-state index in [1.807, 2.05) is 4.90 Å². The zero-order chi connectivity index (χ0) is 20.4. The first-order valence-electron chi connectivity index (χ1n) is 8.89. The third-order valence-electron chi connectivity index (χ3n) is 4.54. The molecule has 10 heteroatoms. The quantitative estimate of drug-likeness (QED) is 0.624. The second kappa shape index (κ2) is 7.61. The number of alkyl halides is 3. The van der Waals surface area contributed by atoms with Crippen LogP contribution in [0.15, 0.2) is 48.8 Å². The number of rotatable bonds is 3. The molecule has 2 aromatic heterocycles. The molecule has 0 N–H and O–H groups in total. The van der Waals surface area contributed by atoms with Gasteiger partial charge in [-0.25, -0.2) is 24.3 Å². The molecule has 0 amide bonds. The van der Waals surface area contributed by atoms with E-state index in [0.717, 1.165) is 0 Å². The Balaban J connectivity index is 1.61. The predicted molar refractivity (Wildman–Crippen MR) is 98.9 cm³/mol. The summed E-state index contributed by atoms with van der Waals surface area (Å²) in [5, 5.41) is 0. The normalized spacial score (nSPS) is 14.9. The lowest BCUT2D eigenvalue weighted by Gasteiger charge is -2.35. The molecule has 0 spiro atoms. The monoisotopic (exact) mass is 404 g/mol. The fourth-order valence-electron chi connectivity index (χ4n) is 3.08. The van der Waals surface area contributed by atoms with Gasteiger partial charge in [-0.3, -0.25) is 0 Å². The zero-order valence-electron chi connectivity index (χ0n) is 15.1. The molecule has 0 bridgehead atoms. The molecular weight excluding hydrogens is 388 g/mol. The maximum Gasteiger partial charge on any atom is 0.451 e. The van der Waals surface area contributed by atoms with Gasteiger partial charge in [0, 0.05) is 50.2 Å². The number of aromatic nitrogens is 4. The Hall–Kier alpha value is -3.30. The number of anilines is 2. The molecular formula is C19H16F4N6. The molecule has 0 atom stereocenters. The SMILES string of the molecule is Fc1ccc(-c2cc(N3CCN(c4ncccn4)CC3)nc(C(F)(F)F)n2)cc1. The average Bonchev–Trinajstić information content (AvgIpc) is 2.74. The molecule has 150 valence electrons. The van der Waals surface area contributed by atoms with Gasteiger partial charge in [0.1, 0.15) is 11.6 Å². The molecule has 4 rings (SSSR count). The Labute approximate surface area is 163 Å². The second-order valence-corrected chi connectivity index (χ2v) is 6.46. The van der Waals surface area contributed by atoms with Gasteiger partial charge in [0.05, 0.1) is 5.69 Å². The van der Waals surface area contributed by atoms with Crippen LogP contribution >= 0.6 is 0 Å². The number of piperazine rings is 1. The maximum atomic E-state index is 13.4. The van der Waals surface area contributed by atoms with Crippen LogP contribution in [0, 0.1) is 5.82 Å². The van der Waals surface area contributed by atoms with Crippen molar-refractivity contribution in [2.45, 2.75) is 6.18 Å². The molecule has 1 aliphatic heterocycles. The van der Waals surface area contributed by atoms with Crippen molar-refractivity contribution in [2.75, 3.05) is 36.0 Å². The minimum Gasteiger partial charge on any atom is -0.353 e. The molecule has 3 aromatic rings. The third kappa shape index (κ3) is 4.25. The van der Waals surface area contributed by atoms with Gasteiger partial charge in [-0.2, -0.15) is 13.2 Å². The lowest BCUT2D eigenvalue weighted by atomic mass is 10.1. The van der Waals surface area contributed by atoms with E-state index in [0.29, 0.717) is 37.7 Å². The van der Waals surface area contributed by atoms with Crippen molar-refractivity contribution >= 4 is 11.8 Å². The molecule has 1 fully saturated rings. The summed E-state index contributed by atoms with van der Waals surface area (Å²) in [7, 11) is 0. The molecule has 1 aliphatic rings. The van der Waals surface area contributed by atoms with Gasteiger partial charge in [-0.05, 0) is 30.3 Å². The standard InChI is InChI=1S/C19H16F4N6/c20-14-4-2-13(3-5-14)15-12-16(27-17(26-15)19(21,22)23)28-8-10-29(11-9-28)18-24-6-1-7-25-18/h1-7,12H,8-11H2. The lowest BCUT2D eigenvalue weighted by molar-refractivity contribution is -0.144. The molecule has 1 aromatic carbocycles. The summed E-state index contributed by atoms with van der Waals surface area (Å²) in [5.41, 5.74) is 0.480. The highest BCUT2D eigenvalue weighted by molar-refractivity contribution is 5.63. The van der Waals surface area contributed by atoms with E-state index >= 15 is 0 Å². The molecule has 0 radical (unpaired) electrons. The first-order valence-corrected chi connectivity index (χ1v) is 8.89. The first-order chi connectivity index (χ1) is 13.9. The number of hydrogen-bond donors (Lipinski definition) is 0. The number of nitrogens with zero attached hydrogens (tertiary/aromatic N) is 6. The van der Waals surface area contributed by atoms with Crippen LogP contribution in [0.4, 0.5) is 29.3 Å². The van der Waals surface area contributed by atoms with Crippen LogP contribution in [-0.4, -0.2) is 46.1 Å². The minimum atomic E-state index is -4.69. The molecule has 1 saturated heterocycles. The molecule has 6 nitrogen and oxygen atoms in total. The van der Waals surface area contributed by atoms with E-state index in [2.05, 4.69) is 19.9 Å². The van der Waals surface area contributed by atoms with Gasteiger partial charge >= 0.3 is 6.18 Å². The van der Waals surface area contributed by atoms with E-state index in [9.17, 15) is 17.6 Å². The first kappa shape index (κ1) is 19.0. The Kier molecular flexibility index (Phi) is 4.99. The molecule has 3 heterocycles. The Morgan fingerprint density at radius 2 is 1.45 bits per heavy atom.